The average molecular weight is 452 g/mol. The molecule has 1 saturated heterocycles. The summed E-state index contributed by atoms with van der Waals surface area (Å²) < 4.78 is 7.69. The average Bonchev–Trinajstić information content (AvgIpc) is 3.33. The number of para-hydroxylation sites is 3. The van der Waals surface area contributed by atoms with Crippen LogP contribution in [-0.4, -0.2) is 44.5 Å². The fraction of sp³-hybridized carbons (Fsp3) is 0.286. The molecule has 7 nitrogen and oxygen atoms in total. The molecule has 0 radical (unpaired) electrons. The van der Waals surface area contributed by atoms with Gasteiger partial charge in [0.2, 0.25) is 5.91 Å². The number of carbonyl (C=O) groups excluding carboxylic acids is 1. The maximum atomic E-state index is 12.8. The van der Waals surface area contributed by atoms with E-state index in [1.807, 2.05) is 59.2 Å². The van der Waals surface area contributed by atoms with Gasteiger partial charge in [0.1, 0.15) is 24.7 Å². The van der Waals surface area contributed by atoms with Crippen LogP contribution in [0.2, 0.25) is 0 Å². The standard InChI is InChI=1S/C21H21N3O4.2ClH/c25-20(23-11-10-15(12-23)21(26)27)13-24-18-9-5-4-8-17(18)22-19(24)14-28-16-6-2-1-3-7-16;;/h1-9,15H,10-14H2,(H,26,27);2*1H. The van der Waals surface area contributed by atoms with E-state index in [2.05, 4.69) is 4.98 Å². The molecule has 1 aliphatic heterocycles. The molecule has 2 aromatic carbocycles. The van der Waals surface area contributed by atoms with E-state index in [-0.39, 0.29) is 50.4 Å². The zero-order valence-corrected chi connectivity index (χ0v) is 17.8. The van der Waals surface area contributed by atoms with Gasteiger partial charge >= 0.3 is 5.97 Å². The van der Waals surface area contributed by atoms with E-state index >= 15 is 0 Å². The zero-order chi connectivity index (χ0) is 19.5. The number of hydrogen-bond donors (Lipinski definition) is 1. The number of ether oxygens (including phenoxy) is 1. The largest absolute Gasteiger partial charge is 0.486 e. The van der Waals surface area contributed by atoms with Crippen molar-refractivity contribution in [2.24, 2.45) is 5.92 Å². The van der Waals surface area contributed by atoms with Gasteiger partial charge in [0.05, 0.1) is 17.0 Å². The molecular weight excluding hydrogens is 429 g/mol. The predicted octanol–water partition coefficient (Wildman–Crippen LogP) is 3.39. The lowest BCUT2D eigenvalue weighted by atomic mass is 10.1. The number of likely N-dealkylation sites (tertiary alicyclic amines) is 1. The maximum Gasteiger partial charge on any atom is 0.308 e. The number of carboxylic acid groups (broad SMARTS) is 1. The van der Waals surface area contributed by atoms with E-state index in [9.17, 15) is 9.59 Å². The molecule has 1 aliphatic rings. The van der Waals surface area contributed by atoms with Crippen molar-refractivity contribution in [2.45, 2.75) is 19.6 Å². The Morgan fingerprint density at radius 2 is 1.77 bits per heavy atom. The third-order valence-corrected chi connectivity index (χ3v) is 5.03. The molecule has 0 spiro atoms. The van der Waals surface area contributed by atoms with Gasteiger partial charge in [-0.3, -0.25) is 9.59 Å². The Bertz CT molecular complexity index is 1010. The van der Waals surface area contributed by atoms with Gasteiger partial charge in [-0.05, 0) is 30.7 Å². The Morgan fingerprint density at radius 1 is 1.07 bits per heavy atom. The van der Waals surface area contributed by atoms with Crippen LogP contribution >= 0.6 is 24.8 Å². The lowest BCUT2D eigenvalue weighted by Crippen LogP contribution is -2.33. The Balaban J connectivity index is 0.00000160. The van der Waals surface area contributed by atoms with E-state index < -0.39 is 11.9 Å². The third kappa shape index (κ3) is 5.04. The number of benzene rings is 2. The molecule has 0 saturated carbocycles. The van der Waals surface area contributed by atoms with Gasteiger partial charge in [-0.1, -0.05) is 30.3 Å². The van der Waals surface area contributed by atoms with E-state index in [0.717, 1.165) is 16.8 Å². The van der Waals surface area contributed by atoms with Gasteiger partial charge in [0, 0.05) is 13.1 Å². The highest BCUT2D eigenvalue weighted by molar-refractivity contribution is 5.85. The number of imidazole rings is 1. The summed E-state index contributed by atoms with van der Waals surface area (Å²) in [6.45, 7) is 1.08. The molecule has 0 aliphatic carbocycles. The Morgan fingerprint density at radius 3 is 2.47 bits per heavy atom. The molecule has 4 rings (SSSR count). The van der Waals surface area contributed by atoms with Crippen LogP contribution in [0.15, 0.2) is 54.6 Å². The third-order valence-electron chi connectivity index (χ3n) is 5.03. The fourth-order valence-corrected chi connectivity index (χ4v) is 3.50. The minimum absolute atomic E-state index is 0. The number of aliphatic carboxylic acids is 1. The first-order valence-electron chi connectivity index (χ1n) is 9.24. The van der Waals surface area contributed by atoms with Crippen LogP contribution in [0.25, 0.3) is 11.0 Å². The first-order valence-corrected chi connectivity index (χ1v) is 9.24. The number of amides is 1. The molecule has 30 heavy (non-hydrogen) atoms. The summed E-state index contributed by atoms with van der Waals surface area (Å²) in [5.41, 5.74) is 1.66. The summed E-state index contributed by atoms with van der Waals surface area (Å²) in [7, 11) is 0. The molecule has 0 bridgehead atoms. The first-order chi connectivity index (χ1) is 13.6. The summed E-state index contributed by atoms with van der Waals surface area (Å²) in [5, 5.41) is 9.16. The lowest BCUT2D eigenvalue weighted by Gasteiger charge is -2.17. The number of nitrogens with zero attached hydrogens (tertiary/aromatic N) is 3. The molecule has 9 heteroatoms. The second-order valence-electron chi connectivity index (χ2n) is 6.87. The SMILES string of the molecule is Cl.Cl.O=C(O)C1CCN(C(=O)Cn2c(COc3ccccc3)nc3ccccc32)C1. The monoisotopic (exact) mass is 451 g/mol. The minimum Gasteiger partial charge on any atom is -0.486 e. The lowest BCUT2D eigenvalue weighted by molar-refractivity contribution is -0.141. The molecule has 1 N–H and O–H groups in total. The van der Waals surface area contributed by atoms with Crippen molar-refractivity contribution in [3.8, 4) is 5.75 Å². The van der Waals surface area contributed by atoms with Crippen molar-refractivity contribution in [1.82, 2.24) is 14.5 Å². The molecule has 1 aromatic heterocycles. The van der Waals surface area contributed by atoms with E-state index in [1.165, 1.54) is 0 Å². The zero-order valence-electron chi connectivity index (χ0n) is 16.1. The molecule has 1 amide bonds. The number of halogens is 2. The van der Waals surface area contributed by atoms with Crippen LogP contribution in [0.5, 0.6) is 5.75 Å². The van der Waals surface area contributed by atoms with E-state index in [1.54, 1.807) is 4.90 Å². The molecular formula is C21H23Cl2N3O4. The van der Waals surface area contributed by atoms with Crippen LogP contribution in [0, 0.1) is 5.92 Å². The molecule has 1 fully saturated rings. The topological polar surface area (TPSA) is 84.7 Å². The highest BCUT2D eigenvalue weighted by atomic mass is 35.5. The number of carboxylic acids is 1. The first kappa shape index (κ1) is 23.5. The summed E-state index contributed by atoms with van der Waals surface area (Å²) >= 11 is 0. The van der Waals surface area contributed by atoms with Crippen molar-refractivity contribution in [2.75, 3.05) is 13.1 Å². The minimum atomic E-state index is -0.847. The number of rotatable bonds is 6. The highest BCUT2D eigenvalue weighted by Gasteiger charge is 2.31. The van der Waals surface area contributed by atoms with Crippen molar-refractivity contribution in [3.63, 3.8) is 0 Å². The summed E-state index contributed by atoms with van der Waals surface area (Å²) in [6, 6.07) is 17.1. The molecule has 3 aromatic rings. The molecule has 1 unspecified atom stereocenters. The van der Waals surface area contributed by atoms with Crippen molar-refractivity contribution >= 4 is 47.7 Å². The van der Waals surface area contributed by atoms with Crippen LogP contribution < -0.4 is 4.74 Å². The summed E-state index contributed by atoms with van der Waals surface area (Å²) in [4.78, 5) is 30.2. The van der Waals surface area contributed by atoms with Crippen molar-refractivity contribution in [3.05, 3.63) is 60.4 Å². The Kier molecular flexibility index (Phi) is 8.08. The van der Waals surface area contributed by atoms with E-state index in [0.29, 0.717) is 18.8 Å². The second kappa shape index (κ2) is 10.3. The Labute approximate surface area is 186 Å². The quantitative estimate of drug-likeness (QED) is 0.620. The normalized spacial score (nSPS) is 15.3. The highest BCUT2D eigenvalue weighted by Crippen LogP contribution is 2.21. The molecule has 2 heterocycles. The van der Waals surface area contributed by atoms with Crippen LogP contribution in [-0.2, 0) is 22.7 Å². The fourth-order valence-electron chi connectivity index (χ4n) is 3.50. The second-order valence-corrected chi connectivity index (χ2v) is 6.87. The van der Waals surface area contributed by atoms with E-state index in [4.69, 9.17) is 9.84 Å². The van der Waals surface area contributed by atoms with Gasteiger partial charge in [-0.15, -0.1) is 24.8 Å². The number of aromatic nitrogens is 2. The summed E-state index contributed by atoms with van der Waals surface area (Å²) in [5.74, 6) is -0.0405. The van der Waals surface area contributed by atoms with Crippen LogP contribution in [0.1, 0.15) is 12.2 Å². The number of hydrogen-bond acceptors (Lipinski definition) is 4. The van der Waals surface area contributed by atoms with Gasteiger partial charge < -0.3 is 19.3 Å². The molecule has 160 valence electrons. The number of fused-ring (bicyclic) bond motifs is 1. The molecule has 1 atom stereocenters. The Hall–Kier alpha value is -2.77. The van der Waals surface area contributed by atoms with Crippen molar-refractivity contribution in [1.29, 1.82) is 0 Å². The van der Waals surface area contributed by atoms with Gasteiger partial charge in [-0.2, -0.15) is 0 Å². The van der Waals surface area contributed by atoms with Crippen LogP contribution in [0.4, 0.5) is 0 Å². The predicted molar refractivity (Wildman–Crippen MR) is 117 cm³/mol. The van der Waals surface area contributed by atoms with Crippen LogP contribution in [0.3, 0.4) is 0 Å². The smallest absolute Gasteiger partial charge is 0.308 e. The van der Waals surface area contributed by atoms with Gasteiger partial charge in [0.25, 0.3) is 0 Å². The van der Waals surface area contributed by atoms with Gasteiger partial charge in [-0.25, -0.2) is 4.98 Å². The van der Waals surface area contributed by atoms with Gasteiger partial charge in [0.15, 0.2) is 0 Å². The van der Waals surface area contributed by atoms with Crippen molar-refractivity contribution < 1.29 is 19.4 Å². The summed E-state index contributed by atoms with van der Waals surface area (Å²) in [6.07, 6.45) is 0.496. The number of carbonyl (C=O) groups is 2. The maximum absolute atomic E-state index is 12.8.